The van der Waals surface area contributed by atoms with Crippen molar-refractivity contribution in [1.29, 1.82) is 0 Å². The number of aromatic nitrogens is 2. The monoisotopic (exact) mass is 386 g/mol. The Labute approximate surface area is 172 Å². The lowest BCUT2D eigenvalue weighted by Crippen LogP contribution is -2.45. The van der Waals surface area contributed by atoms with E-state index in [9.17, 15) is 4.79 Å². The third kappa shape index (κ3) is 4.29. The molecular weight excluding hydrogens is 360 g/mol. The normalized spacial score (nSPS) is 16.6. The molecule has 2 heterocycles. The van der Waals surface area contributed by atoms with Crippen molar-refractivity contribution in [1.82, 2.24) is 14.9 Å². The maximum absolute atomic E-state index is 13.5. The Kier molecular flexibility index (Phi) is 5.84. The fourth-order valence-electron chi connectivity index (χ4n) is 4.17. The molecular formula is C24H26N4O. The third-order valence-electron chi connectivity index (χ3n) is 5.61. The van der Waals surface area contributed by atoms with Gasteiger partial charge in [-0.2, -0.15) is 0 Å². The number of hydrogen-bond acceptors (Lipinski definition) is 4. The van der Waals surface area contributed by atoms with Crippen LogP contribution in [0.3, 0.4) is 0 Å². The van der Waals surface area contributed by atoms with Crippen LogP contribution in [-0.4, -0.2) is 40.9 Å². The molecule has 1 fully saturated rings. The summed E-state index contributed by atoms with van der Waals surface area (Å²) in [6.07, 6.45) is 7.02. The zero-order valence-corrected chi connectivity index (χ0v) is 16.7. The standard InChI is InChI=1S/C24H26N4O/c1-27(23(19-9-4-2-5-10-19)20-11-6-3-7-12-20)24(29)21-13-8-16-28(18-21)22-17-25-14-15-26-22/h2-7,9-12,14-15,17,21,23H,8,13,16,18H2,1H3/t21-/m1/s1. The van der Waals surface area contributed by atoms with Gasteiger partial charge in [-0.15, -0.1) is 0 Å². The van der Waals surface area contributed by atoms with Crippen molar-refractivity contribution in [3.63, 3.8) is 0 Å². The first kappa shape index (κ1) is 19.1. The molecule has 0 bridgehead atoms. The summed E-state index contributed by atoms with van der Waals surface area (Å²) in [6.45, 7) is 1.59. The van der Waals surface area contributed by atoms with E-state index in [0.717, 1.165) is 36.3 Å². The van der Waals surface area contributed by atoms with Gasteiger partial charge in [-0.25, -0.2) is 4.98 Å². The zero-order valence-electron chi connectivity index (χ0n) is 16.7. The molecule has 5 nitrogen and oxygen atoms in total. The molecule has 3 aromatic rings. The molecule has 1 saturated heterocycles. The Morgan fingerprint density at radius 3 is 2.28 bits per heavy atom. The van der Waals surface area contributed by atoms with Gasteiger partial charge in [-0.3, -0.25) is 9.78 Å². The summed E-state index contributed by atoms with van der Waals surface area (Å²) < 4.78 is 0. The number of amides is 1. The molecule has 0 aliphatic carbocycles. The highest BCUT2D eigenvalue weighted by Crippen LogP contribution is 2.30. The van der Waals surface area contributed by atoms with E-state index in [4.69, 9.17) is 0 Å². The summed E-state index contributed by atoms with van der Waals surface area (Å²) in [6, 6.07) is 20.4. The number of nitrogens with zero attached hydrogens (tertiary/aromatic N) is 4. The van der Waals surface area contributed by atoms with Gasteiger partial charge in [-0.1, -0.05) is 60.7 Å². The average Bonchev–Trinajstić information content (AvgIpc) is 2.81. The van der Waals surface area contributed by atoms with Crippen molar-refractivity contribution in [3.8, 4) is 0 Å². The Morgan fingerprint density at radius 1 is 1.03 bits per heavy atom. The number of carbonyl (C=O) groups excluding carboxylic acids is 1. The van der Waals surface area contributed by atoms with Gasteiger partial charge >= 0.3 is 0 Å². The van der Waals surface area contributed by atoms with Gasteiger partial charge in [0, 0.05) is 32.5 Å². The van der Waals surface area contributed by atoms with Crippen molar-refractivity contribution in [2.24, 2.45) is 5.92 Å². The molecule has 1 amide bonds. The van der Waals surface area contributed by atoms with E-state index in [1.165, 1.54) is 0 Å². The van der Waals surface area contributed by atoms with E-state index in [1.54, 1.807) is 18.6 Å². The van der Waals surface area contributed by atoms with Gasteiger partial charge in [-0.05, 0) is 24.0 Å². The molecule has 4 rings (SSSR count). The molecule has 1 atom stereocenters. The van der Waals surface area contributed by atoms with Crippen LogP contribution in [0.25, 0.3) is 0 Å². The molecule has 2 aromatic carbocycles. The van der Waals surface area contributed by atoms with Crippen LogP contribution in [0, 0.1) is 5.92 Å². The lowest BCUT2D eigenvalue weighted by Gasteiger charge is -2.37. The predicted octanol–water partition coefficient (Wildman–Crippen LogP) is 3.94. The third-order valence-corrected chi connectivity index (χ3v) is 5.61. The van der Waals surface area contributed by atoms with Crippen molar-refractivity contribution < 1.29 is 4.79 Å². The molecule has 1 aromatic heterocycles. The summed E-state index contributed by atoms with van der Waals surface area (Å²) in [5, 5.41) is 0. The predicted molar refractivity (Wildman–Crippen MR) is 114 cm³/mol. The van der Waals surface area contributed by atoms with Crippen LogP contribution in [-0.2, 0) is 4.79 Å². The smallest absolute Gasteiger partial charge is 0.227 e. The number of piperidine rings is 1. The molecule has 0 unspecified atom stereocenters. The van der Waals surface area contributed by atoms with E-state index >= 15 is 0 Å². The first-order valence-electron chi connectivity index (χ1n) is 10.1. The number of benzene rings is 2. The fraction of sp³-hybridized carbons (Fsp3) is 0.292. The fourth-order valence-corrected chi connectivity index (χ4v) is 4.17. The summed E-state index contributed by atoms with van der Waals surface area (Å²) >= 11 is 0. The lowest BCUT2D eigenvalue weighted by molar-refractivity contribution is -0.136. The second kappa shape index (κ2) is 8.86. The molecule has 5 heteroatoms. The SMILES string of the molecule is CN(C(=O)[C@@H]1CCCN(c2cnccn2)C1)C(c1ccccc1)c1ccccc1. The number of hydrogen-bond donors (Lipinski definition) is 0. The van der Waals surface area contributed by atoms with Gasteiger partial charge in [0.1, 0.15) is 5.82 Å². The molecule has 1 aliphatic rings. The summed E-state index contributed by atoms with van der Waals surface area (Å²) in [4.78, 5) is 26.2. The van der Waals surface area contributed by atoms with E-state index in [-0.39, 0.29) is 17.9 Å². The first-order chi connectivity index (χ1) is 14.2. The second-order valence-electron chi connectivity index (χ2n) is 7.52. The van der Waals surface area contributed by atoms with Crippen LogP contribution >= 0.6 is 0 Å². The van der Waals surface area contributed by atoms with Crippen LogP contribution in [0.2, 0.25) is 0 Å². The van der Waals surface area contributed by atoms with Crippen molar-refractivity contribution in [3.05, 3.63) is 90.4 Å². The highest BCUT2D eigenvalue weighted by atomic mass is 16.2. The molecule has 1 aliphatic heterocycles. The maximum atomic E-state index is 13.5. The zero-order chi connectivity index (χ0) is 20.1. The van der Waals surface area contributed by atoms with Crippen LogP contribution < -0.4 is 4.90 Å². The van der Waals surface area contributed by atoms with Gasteiger partial charge in [0.15, 0.2) is 0 Å². The molecule has 0 saturated carbocycles. The second-order valence-corrected chi connectivity index (χ2v) is 7.52. The minimum absolute atomic E-state index is 0.0503. The molecule has 29 heavy (non-hydrogen) atoms. The Bertz CT molecular complexity index is 878. The van der Waals surface area contributed by atoms with Gasteiger partial charge < -0.3 is 9.80 Å². The Morgan fingerprint density at radius 2 is 1.69 bits per heavy atom. The Hall–Kier alpha value is -3.21. The van der Waals surface area contributed by atoms with E-state index in [1.807, 2.05) is 48.3 Å². The summed E-state index contributed by atoms with van der Waals surface area (Å²) in [7, 11) is 1.92. The molecule has 0 N–H and O–H groups in total. The van der Waals surface area contributed by atoms with Crippen LogP contribution in [0.4, 0.5) is 5.82 Å². The van der Waals surface area contributed by atoms with Crippen molar-refractivity contribution >= 4 is 11.7 Å². The van der Waals surface area contributed by atoms with Crippen LogP contribution in [0.1, 0.15) is 30.0 Å². The van der Waals surface area contributed by atoms with Crippen molar-refractivity contribution in [2.45, 2.75) is 18.9 Å². The summed E-state index contributed by atoms with van der Waals surface area (Å²) in [5.41, 5.74) is 2.24. The van der Waals surface area contributed by atoms with Gasteiger partial charge in [0.25, 0.3) is 0 Å². The molecule has 148 valence electrons. The first-order valence-corrected chi connectivity index (χ1v) is 10.1. The largest absolute Gasteiger partial charge is 0.355 e. The highest BCUT2D eigenvalue weighted by molar-refractivity contribution is 5.80. The number of rotatable bonds is 5. The Balaban J connectivity index is 1.57. The quantitative estimate of drug-likeness (QED) is 0.666. The van der Waals surface area contributed by atoms with E-state index in [0.29, 0.717) is 6.54 Å². The topological polar surface area (TPSA) is 49.3 Å². The van der Waals surface area contributed by atoms with Gasteiger partial charge in [0.2, 0.25) is 5.91 Å². The van der Waals surface area contributed by atoms with E-state index < -0.39 is 0 Å². The molecule has 0 spiro atoms. The average molecular weight is 386 g/mol. The lowest BCUT2D eigenvalue weighted by atomic mass is 9.93. The van der Waals surface area contributed by atoms with Crippen molar-refractivity contribution in [2.75, 3.05) is 25.0 Å². The minimum atomic E-state index is -0.100. The number of anilines is 1. The van der Waals surface area contributed by atoms with Crippen LogP contribution in [0.5, 0.6) is 0 Å². The van der Waals surface area contributed by atoms with Crippen LogP contribution in [0.15, 0.2) is 79.3 Å². The summed E-state index contributed by atoms with van der Waals surface area (Å²) in [5.74, 6) is 0.970. The molecule has 0 radical (unpaired) electrons. The van der Waals surface area contributed by atoms with Gasteiger partial charge in [0.05, 0.1) is 18.2 Å². The minimum Gasteiger partial charge on any atom is -0.355 e. The number of carbonyl (C=O) groups is 1. The van der Waals surface area contributed by atoms with E-state index in [2.05, 4.69) is 39.1 Å². The highest BCUT2D eigenvalue weighted by Gasteiger charge is 2.32. The maximum Gasteiger partial charge on any atom is 0.227 e.